The molecule has 0 saturated heterocycles. The lowest BCUT2D eigenvalue weighted by molar-refractivity contribution is -0.156. The van der Waals surface area contributed by atoms with Crippen LogP contribution in [-0.2, 0) is 51.3 Å². The maximum atomic E-state index is 14.0. The molecular weight excluding hydrogens is 791 g/mol. The molecule has 3 amide bonds. The van der Waals surface area contributed by atoms with Gasteiger partial charge in [0.15, 0.2) is 0 Å². The van der Waals surface area contributed by atoms with Crippen molar-refractivity contribution in [1.82, 2.24) is 14.8 Å². The first kappa shape index (κ1) is 46.7. The summed E-state index contributed by atoms with van der Waals surface area (Å²) < 4.78 is 10.1. The van der Waals surface area contributed by atoms with Gasteiger partial charge in [0.25, 0.3) is 11.8 Å². The highest BCUT2D eigenvalue weighted by atomic mass is 32.1. The molecule has 12 nitrogen and oxygen atoms in total. The van der Waals surface area contributed by atoms with Crippen LogP contribution >= 0.6 is 11.3 Å². The summed E-state index contributed by atoms with van der Waals surface area (Å²) in [6.07, 6.45) is 8.81. The molecule has 0 fully saturated rings. The van der Waals surface area contributed by atoms with Gasteiger partial charge in [-0.25, -0.2) is 4.79 Å². The van der Waals surface area contributed by atoms with E-state index in [4.69, 9.17) is 9.47 Å². The largest absolute Gasteiger partial charge is 0.465 e. The molecule has 326 valence electrons. The van der Waals surface area contributed by atoms with Crippen molar-refractivity contribution in [2.24, 2.45) is 0 Å². The van der Waals surface area contributed by atoms with E-state index in [-0.39, 0.29) is 42.6 Å². The fourth-order valence-electron chi connectivity index (χ4n) is 7.54. The number of nitrogens with one attached hydrogen (secondary N) is 2. The van der Waals surface area contributed by atoms with E-state index < -0.39 is 11.6 Å². The van der Waals surface area contributed by atoms with Crippen molar-refractivity contribution in [2.75, 3.05) is 37.9 Å². The van der Waals surface area contributed by atoms with Gasteiger partial charge in [-0.2, -0.15) is 0 Å². The summed E-state index contributed by atoms with van der Waals surface area (Å²) in [6.45, 7) is 11.2. The summed E-state index contributed by atoms with van der Waals surface area (Å²) in [5.74, 6) is -1.44. The van der Waals surface area contributed by atoms with Gasteiger partial charge in [0.2, 0.25) is 5.91 Å². The number of likely N-dealkylation sites (N-methyl/N-ethyl adjacent to an activating group) is 1. The number of thiophene rings is 1. The number of carbonyl (C=O) groups excluding carboxylic acids is 5. The van der Waals surface area contributed by atoms with Gasteiger partial charge in [0.1, 0.15) is 10.6 Å². The number of fused-ring (bicyclic) bond motifs is 1. The third-order valence-electron chi connectivity index (χ3n) is 10.9. The Bertz CT molecular complexity index is 2140. The Balaban J connectivity index is 1.22. The van der Waals surface area contributed by atoms with E-state index in [0.29, 0.717) is 47.0 Å². The number of aromatic nitrogens is 1. The van der Waals surface area contributed by atoms with Crippen molar-refractivity contribution in [2.45, 2.75) is 117 Å². The molecule has 0 aliphatic heterocycles. The molecule has 61 heavy (non-hydrogen) atoms. The topological polar surface area (TPSA) is 147 Å². The van der Waals surface area contributed by atoms with E-state index in [9.17, 15) is 24.0 Å². The zero-order chi connectivity index (χ0) is 44.1. The summed E-state index contributed by atoms with van der Waals surface area (Å²) in [5.41, 5.74) is 5.50. The molecule has 0 radical (unpaired) electrons. The molecule has 2 heterocycles. The molecule has 0 saturated carbocycles. The molecule has 13 heteroatoms. The maximum Gasteiger partial charge on any atom is 0.337 e. The average molecular weight is 852 g/mol. The van der Waals surface area contributed by atoms with E-state index in [2.05, 4.69) is 34.4 Å². The molecule has 0 bridgehead atoms. The Hall–Kier alpha value is -5.40. The van der Waals surface area contributed by atoms with E-state index in [1.54, 1.807) is 63.2 Å². The third-order valence-corrected chi connectivity index (χ3v) is 12.1. The molecule has 0 atom stereocenters. The standard InChI is InChI=1S/C48H61N5O7S/c1-8-38(9-2)53(29-28-52(6)41(54)24-25-42(55)60-48(3,4)5)31-37-30-35(26-27-49-37)44(56)51-46-43(39-12-10-11-13-40(39)61-46)45(57)50-36-22-18-33(19-23-36)15-14-32-16-20-34(21-17-32)47(58)59-7/h16-23,26-27,30,38H,8-15,24-25,28-29,31H2,1-7H3,(H,50,57)(H,51,56). The van der Waals surface area contributed by atoms with Gasteiger partial charge in [-0.15, -0.1) is 11.3 Å². The number of rotatable bonds is 19. The van der Waals surface area contributed by atoms with Gasteiger partial charge < -0.3 is 25.0 Å². The van der Waals surface area contributed by atoms with Crippen LogP contribution in [0.2, 0.25) is 0 Å². The van der Waals surface area contributed by atoms with Crippen LogP contribution in [0.1, 0.15) is 131 Å². The molecular formula is C48H61N5O7S. The van der Waals surface area contributed by atoms with Crippen molar-refractivity contribution in [3.63, 3.8) is 0 Å². The number of amides is 3. The Morgan fingerprint density at radius 1 is 0.820 bits per heavy atom. The van der Waals surface area contributed by atoms with Crippen molar-refractivity contribution in [1.29, 1.82) is 0 Å². The monoisotopic (exact) mass is 851 g/mol. The summed E-state index contributed by atoms with van der Waals surface area (Å²) in [4.78, 5) is 74.4. The van der Waals surface area contributed by atoms with E-state index >= 15 is 0 Å². The quantitative estimate of drug-likeness (QED) is 0.0885. The summed E-state index contributed by atoms with van der Waals surface area (Å²) in [7, 11) is 3.12. The normalized spacial score (nSPS) is 12.5. The Morgan fingerprint density at radius 3 is 2.11 bits per heavy atom. The van der Waals surface area contributed by atoms with Crippen LogP contribution in [0.15, 0.2) is 66.9 Å². The number of hydrogen-bond acceptors (Lipinski definition) is 10. The number of ether oxygens (including phenoxy) is 2. The van der Waals surface area contributed by atoms with E-state index in [0.717, 1.165) is 78.6 Å². The van der Waals surface area contributed by atoms with Crippen LogP contribution in [0.25, 0.3) is 0 Å². The fraction of sp³-hybridized carbons (Fsp3) is 0.458. The zero-order valence-corrected chi connectivity index (χ0v) is 37.5. The highest BCUT2D eigenvalue weighted by molar-refractivity contribution is 7.17. The third kappa shape index (κ3) is 13.5. The van der Waals surface area contributed by atoms with Crippen LogP contribution in [0, 0.1) is 0 Å². The molecule has 5 rings (SSSR count). The minimum absolute atomic E-state index is 0.0319. The average Bonchev–Trinajstić information content (AvgIpc) is 3.61. The summed E-state index contributed by atoms with van der Waals surface area (Å²) in [6, 6.07) is 18.9. The van der Waals surface area contributed by atoms with Crippen LogP contribution in [0.4, 0.5) is 10.7 Å². The molecule has 2 N–H and O–H groups in total. The van der Waals surface area contributed by atoms with Gasteiger partial charge in [0.05, 0.1) is 30.4 Å². The van der Waals surface area contributed by atoms with Gasteiger partial charge in [-0.3, -0.25) is 29.1 Å². The molecule has 4 aromatic rings. The van der Waals surface area contributed by atoms with Crippen LogP contribution in [0.5, 0.6) is 0 Å². The highest BCUT2D eigenvalue weighted by Crippen LogP contribution is 2.39. The van der Waals surface area contributed by atoms with Crippen molar-refractivity contribution in [3.8, 4) is 0 Å². The first-order valence-corrected chi connectivity index (χ1v) is 22.2. The first-order valence-electron chi connectivity index (χ1n) is 21.4. The minimum Gasteiger partial charge on any atom is -0.465 e. The minimum atomic E-state index is -0.598. The van der Waals surface area contributed by atoms with Gasteiger partial charge >= 0.3 is 11.9 Å². The number of benzene rings is 2. The number of methoxy groups -OCH3 is 1. The lowest BCUT2D eigenvalue weighted by Crippen LogP contribution is -2.41. The number of esters is 2. The van der Waals surface area contributed by atoms with Crippen molar-refractivity contribution >= 4 is 51.7 Å². The summed E-state index contributed by atoms with van der Waals surface area (Å²) >= 11 is 1.48. The van der Waals surface area contributed by atoms with Crippen molar-refractivity contribution < 1.29 is 33.4 Å². The Labute approximate surface area is 364 Å². The summed E-state index contributed by atoms with van der Waals surface area (Å²) in [5, 5.41) is 6.71. The highest BCUT2D eigenvalue weighted by Gasteiger charge is 2.27. The fourth-order valence-corrected chi connectivity index (χ4v) is 8.82. The first-order chi connectivity index (χ1) is 29.2. The van der Waals surface area contributed by atoms with Crippen LogP contribution in [0.3, 0.4) is 0 Å². The lowest BCUT2D eigenvalue weighted by atomic mass is 9.95. The SMILES string of the molecule is CCC(CC)N(CCN(C)C(=O)CCC(=O)OC(C)(C)C)Cc1cc(C(=O)Nc2sc3c(c2C(=O)Nc2ccc(CCc4ccc(C(=O)OC)cc4)cc2)CCCC3)ccn1. The number of anilines is 2. The number of aryl methyl sites for hydroxylation is 3. The smallest absolute Gasteiger partial charge is 0.337 e. The number of hydrogen-bond donors (Lipinski definition) is 2. The molecule has 1 aliphatic carbocycles. The number of nitrogens with zero attached hydrogens (tertiary/aromatic N) is 3. The van der Waals surface area contributed by atoms with E-state index in [1.807, 2.05) is 36.4 Å². The molecule has 2 aromatic carbocycles. The van der Waals surface area contributed by atoms with E-state index in [1.165, 1.54) is 18.4 Å². The van der Waals surface area contributed by atoms with Gasteiger partial charge in [-0.05, 0) is 125 Å². The molecule has 1 aliphatic rings. The Morgan fingerprint density at radius 2 is 1.48 bits per heavy atom. The lowest BCUT2D eigenvalue weighted by Gasteiger charge is -2.32. The van der Waals surface area contributed by atoms with Crippen LogP contribution < -0.4 is 10.6 Å². The molecule has 0 unspecified atom stereocenters. The second-order valence-electron chi connectivity index (χ2n) is 16.6. The predicted molar refractivity (Wildman–Crippen MR) is 240 cm³/mol. The number of pyridine rings is 1. The van der Waals surface area contributed by atoms with Crippen LogP contribution in [-0.4, -0.2) is 83.3 Å². The number of carbonyl (C=O) groups is 5. The molecule has 2 aromatic heterocycles. The zero-order valence-electron chi connectivity index (χ0n) is 36.7. The predicted octanol–water partition coefficient (Wildman–Crippen LogP) is 8.67. The Kier molecular flexibility index (Phi) is 16.8. The second kappa shape index (κ2) is 21.9. The van der Waals surface area contributed by atoms with Crippen molar-refractivity contribution in [3.05, 3.63) is 111 Å². The van der Waals surface area contributed by atoms with Gasteiger partial charge in [-0.1, -0.05) is 38.1 Å². The second-order valence-corrected chi connectivity index (χ2v) is 17.7. The maximum absolute atomic E-state index is 14.0. The molecule has 0 spiro atoms. The van der Waals surface area contributed by atoms with Gasteiger partial charge in [0, 0.05) is 61.5 Å².